The molecular formula is C13H27N3O2. The molecule has 1 fully saturated rings. The highest BCUT2D eigenvalue weighted by Gasteiger charge is 2.32. The first kappa shape index (κ1) is 15.2. The van der Waals surface area contributed by atoms with Crippen molar-refractivity contribution < 1.29 is 9.53 Å². The standard InChI is InChI=1S/C13H27N3O2/c1-12(2,3)16-11(17)15-9-13(10-18-4)5-7-14-8-6-13/h14H,5-10H2,1-4H3,(H2,15,16,17). The molecule has 0 aliphatic carbocycles. The van der Waals surface area contributed by atoms with Gasteiger partial charge in [0.25, 0.3) is 0 Å². The summed E-state index contributed by atoms with van der Waals surface area (Å²) in [4.78, 5) is 11.8. The molecule has 0 atom stereocenters. The minimum Gasteiger partial charge on any atom is -0.384 e. The van der Waals surface area contributed by atoms with Gasteiger partial charge in [-0.25, -0.2) is 4.79 Å². The topological polar surface area (TPSA) is 62.4 Å². The Bertz CT molecular complexity index is 262. The van der Waals surface area contributed by atoms with Crippen molar-refractivity contribution in [2.45, 2.75) is 39.2 Å². The van der Waals surface area contributed by atoms with Gasteiger partial charge in [-0.15, -0.1) is 0 Å². The first-order chi connectivity index (χ1) is 8.37. The zero-order valence-corrected chi connectivity index (χ0v) is 12.1. The Balaban J connectivity index is 2.44. The van der Waals surface area contributed by atoms with Crippen molar-refractivity contribution in [3.8, 4) is 0 Å². The van der Waals surface area contributed by atoms with Crippen molar-refractivity contribution in [1.29, 1.82) is 0 Å². The number of carbonyl (C=O) groups is 1. The van der Waals surface area contributed by atoms with E-state index in [-0.39, 0.29) is 17.0 Å². The molecule has 0 aromatic heterocycles. The van der Waals surface area contributed by atoms with Gasteiger partial charge in [-0.3, -0.25) is 0 Å². The zero-order valence-electron chi connectivity index (χ0n) is 12.1. The largest absolute Gasteiger partial charge is 0.384 e. The Morgan fingerprint density at radius 3 is 2.44 bits per heavy atom. The number of hydrogen-bond acceptors (Lipinski definition) is 3. The summed E-state index contributed by atoms with van der Waals surface area (Å²) in [6.07, 6.45) is 2.08. The molecule has 1 heterocycles. The van der Waals surface area contributed by atoms with Crippen molar-refractivity contribution in [1.82, 2.24) is 16.0 Å². The maximum Gasteiger partial charge on any atom is 0.315 e. The second-order valence-corrected chi connectivity index (χ2v) is 6.24. The van der Waals surface area contributed by atoms with Gasteiger partial charge >= 0.3 is 6.03 Å². The molecule has 0 bridgehead atoms. The van der Waals surface area contributed by atoms with Crippen LogP contribution in [-0.4, -0.2) is 44.9 Å². The molecule has 1 aliphatic heterocycles. The molecule has 0 aromatic carbocycles. The van der Waals surface area contributed by atoms with Gasteiger partial charge in [-0.2, -0.15) is 0 Å². The molecule has 0 spiro atoms. The SMILES string of the molecule is COCC1(CNC(=O)NC(C)(C)C)CCNCC1. The van der Waals surface area contributed by atoms with E-state index in [0.29, 0.717) is 13.2 Å². The van der Waals surface area contributed by atoms with Gasteiger partial charge < -0.3 is 20.7 Å². The van der Waals surface area contributed by atoms with E-state index in [2.05, 4.69) is 16.0 Å². The van der Waals surface area contributed by atoms with Gasteiger partial charge in [0.05, 0.1) is 6.61 Å². The van der Waals surface area contributed by atoms with Crippen LogP contribution in [0.1, 0.15) is 33.6 Å². The lowest BCUT2D eigenvalue weighted by molar-refractivity contribution is 0.0553. The van der Waals surface area contributed by atoms with Crippen molar-refractivity contribution in [2.24, 2.45) is 5.41 Å². The number of amides is 2. The normalized spacial score (nSPS) is 19.3. The lowest BCUT2D eigenvalue weighted by Crippen LogP contribution is -2.52. The number of piperidine rings is 1. The predicted molar refractivity (Wildman–Crippen MR) is 72.7 cm³/mol. The Morgan fingerprint density at radius 2 is 1.94 bits per heavy atom. The maximum absolute atomic E-state index is 11.8. The third-order valence-corrected chi connectivity index (χ3v) is 3.23. The third kappa shape index (κ3) is 5.23. The summed E-state index contributed by atoms with van der Waals surface area (Å²) in [5.41, 5.74) is -0.123. The lowest BCUT2D eigenvalue weighted by atomic mass is 9.79. The van der Waals surface area contributed by atoms with Crippen LogP contribution in [0.4, 0.5) is 4.79 Å². The summed E-state index contributed by atoms with van der Waals surface area (Å²) in [7, 11) is 1.72. The number of carbonyl (C=O) groups excluding carboxylic acids is 1. The van der Waals surface area contributed by atoms with Crippen molar-refractivity contribution >= 4 is 6.03 Å². The molecule has 5 nitrogen and oxygen atoms in total. The Labute approximate surface area is 110 Å². The van der Waals surface area contributed by atoms with Gasteiger partial charge in [0, 0.05) is 24.6 Å². The molecule has 1 rings (SSSR count). The van der Waals surface area contributed by atoms with Crippen molar-refractivity contribution in [3.05, 3.63) is 0 Å². The summed E-state index contributed by atoms with van der Waals surface area (Å²) in [5, 5.41) is 9.23. The van der Waals surface area contributed by atoms with Gasteiger partial charge in [0.1, 0.15) is 0 Å². The van der Waals surface area contributed by atoms with Crippen molar-refractivity contribution in [2.75, 3.05) is 33.4 Å². The number of urea groups is 1. The van der Waals surface area contributed by atoms with Crippen LogP contribution in [0.25, 0.3) is 0 Å². The summed E-state index contributed by atoms with van der Waals surface area (Å²) in [6, 6.07) is -0.100. The van der Waals surface area contributed by atoms with Crippen molar-refractivity contribution in [3.63, 3.8) is 0 Å². The van der Waals surface area contributed by atoms with Crippen LogP contribution in [0.2, 0.25) is 0 Å². The second kappa shape index (κ2) is 6.38. The smallest absolute Gasteiger partial charge is 0.315 e. The van der Waals surface area contributed by atoms with E-state index in [9.17, 15) is 4.79 Å². The fraction of sp³-hybridized carbons (Fsp3) is 0.923. The molecular weight excluding hydrogens is 230 g/mol. The molecule has 1 aliphatic rings. The van der Waals surface area contributed by atoms with Crippen LogP contribution in [-0.2, 0) is 4.74 Å². The summed E-state index contributed by atoms with van der Waals surface area (Å²) >= 11 is 0. The first-order valence-electron chi connectivity index (χ1n) is 6.63. The minimum absolute atomic E-state index is 0.0786. The van der Waals surface area contributed by atoms with Crippen LogP contribution in [0, 0.1) is 5.41 Å². The number of methoxy groups -OCH3 is 1. The predicted octanol–water partition coefficient (Wildman–Crippen LogP) is 1.10. The average Bonchev–Trinajstić information content (AvgIpc) is 2.26. The molecule has 1 saturated heterocycles. The molecule has 0 unspecified atom stereocenters. The monoisotopic (exact) mass is 257 g/mol. The third-order valence-electron chi connectivity index (χ3n) is 3.23. The lowest BCUT2D eigenvalue weighted by Gasteiger charge is -2.37. The van der Waals surface area contributed by atoms with E-state index in [1.54, 1.807) is 7.11 Å². The van der Waals surface area contributed by atoms with E-state index < -0.39 is 0 Å². The van der Waals surface area contributed by atoms with Gasteiger partial charge in [-0.1, -0.05) is 0 Å². The molecule has 0 radical (unpaired) electrons. The highest BCUT2D eigenvalue weighted by Crippen LogP contribution is 2.28. The zero-order chi connectivity index (χ0) is 13.6. The number of hydrogen-bond donors (Lipinski definition) is 3. The van der Waals surface area contributed by atoms with E-state index >= 15 is 0 Å². The highest BCUT2D eigenvalue weighted by molar-refractivity contribution is 5.74. The number of rotatable bonds is 4. The molecule has 2 amide bonds. The van der Waals surface area contributed by atoms with Crippen LogP contribution in [0.3, 0.4) is 0 Å². The fourth-order valence-corrected chi connectivity index (χ4v) is 2.29. The Morgan fingerprint density at radius 1 is 1.33 bits per heavy atom. The van der Waals surface area contributed by atoms with E-state index in [1.165, 1.54) is 0 Å². The molecule has 3 N–H and O–H groups in total. The summed E-state index contributed by atoms with van der Waals surface area (Å²) in [6.45, 7) is 9.28. The Hall–Kier alpha value is -0.810. The molecule has 0 saturated carbocycles. The summed E-state index contributed by atoms with van der Waals surface area (Å²) in [5.74, 6) is 0. The Kier molecular flexibility index (Phi) is 5.41. The fourth-order valence-electron chi connectivity index (χ4n) is 2.29. The molecule has 0 aromatic rings. The number of ether oxygens (including phenoxy) is 1. The summed E-state index contributed by atoms with van der Waals surface area (Å²) < 4.78 is 5.32. The van der Waals surface area contributed by atoms with E-state index in [1.807, 2.05) is 20.8 Å². The van der Waals surface area contributed by atoms with Crippen LogP contribution in [0.5, 0.6) is 0 Å². The first-order valence-corrected chi connectivity index (χ1v) is 6.63. The van der Waals surface area contributed by atoms with E-state index in [4.69, 9.17) is 4.74 Å². The number of nitrogens with one attached hydrogen (secondary N) is 3. The molecule has 18 heavy (non-hydrogen) atoms. The molecule has 5 heteroatoms. The van der Waals surface area contributed by atoms with Gasteiger partial charge in [0.15, 0.2) is 0 Å². The van der Waals surface area contributed by atoms with Crippen LogP contribution in [0.15, 0.2) is 0 Å². The maximum atomic E-state index is 11.8. The molecule has 106 valence electrons. The average molecular weight is 257 g/mol. The van der Waals surface area contributed by atoms with Gasteiger partial charge in [-0.05, 0) is 46.7 Å². The highest BCUT2D eigenvalue weighted by atomic mass is 16.5. The van der Waals surface area contributed by atoms with Gasteiger partial charge in [0.2, 0.25) is 0 Å². The van der Waals surface area contributed by atoms with Crippen LogP contribution < -0.4 is 16.0 Å². The van der Waals surface area contributed by atoms with E-state index in [0.717, 1.165) is 25.9 Å². The van der Waals surface area contributed by atoms with Crippen LogP contribution >= 0.6 is 0 Å². The second-order valence-electron chi connectivity index (χ2n) is 6.24. The minimum atomic E-state index is -0.202. The quantitative estimate of drug-likeness (QED) is 0.707.